The highest BCUT2D eigenvalue weighted by molar-refractivity contribution is 5.78. The van der Waals surface area contributed by atoms with E-state index >= 15 is 0 Å². The molecule has 1 aromatic heterocycles. The molecule has 1 heterocycles. The maximum Gasteiger partial charge on any atom is 0.220 e. The molecule has 4 nitrogen and oxygen atoms in total. The quantitative estimate of drug-likeness (QED) is 0.761. The second-order valence-corrected chi connectivity index (χ2v) is 6.95. The number of aryl methyl sites for hydroxylation is 2. The van der Waals surface area contributed by atoms with Crippen LogP contribution in [0, 0.1) is 0 Å². The number of nitrogens with one attached hydrogen (secondary N) is 1. The predicted molar refractivity (Wildman–Crippen MR) is 105 cm³/mol. The third-order valence-electron chi connectivity index (χ3n) is 5.23. The van der Waals surface area contributed by atoms with Gasteiger partial charge in [-0.2, -0.15) is 0 Å². The van der Waals surface area contributed by atoms with Gasteiger partial charge in [-0.1, -0.05) is 48.5 Å². The lowest BCUT2D eigenvalue weighted by Gasteiger charge is -2.20. The summed E-state index contributed by atoms with van der Waals surface area (Å²) < 4.78 is 0. The van der Waals surface area contributed by atoms with Crippen molar-refractivity contribution < 1.29 is 4.79 Å². The fraction of sp³-hybridized carbons (Fsp3) is 0.261. The minimum absolute atomic E-state index is 0.0791. The highest BCUT2D eigenvalue weighted by Gasteiger charge is 2.25. The van der Waals surface area contributed by atoms with Gasteiger partial charge in [-0.15, -0.1) is 0 Å². The highest BCUT2D eigenvalue weighted by Crippen LogP contribution is 2.36. The molecule has 0 radical (unpaired) electrons. The number of hydrogen-bond donors (Lipinski definition) is 1. The van der Waals surface area contributed by atoms with Crippen LogP contribution in [0.5, 0.6) is 0 Å². The van der Waals surface area contributed by atoms with E-state index in [-0.39, 0.29) is 11.8 Å². The van der Waals surface area contributed by atoms with Crippen molar-refractivity contribution in [3.8, 4) is 0 Å². The first-order valence-electron chi connectivity index (χ1n) is 9.48. The van der Waals surface area contributed by atoms with Crippen LogP contribution in [-0.2, 0) is 24.1 Å². The number of fused-ring (bicyclic) bond motifs is 2. The van der Waals surface area contributed by atoms with E-state index in [1.165, 1.54) is 22.3 Å². The molecule has 0 fully saturated rings. The molecular formula is C23H23N3O. The van der Waals surface area contributed by atoms with Gasteiger partial charge in [0.05, 0.1) is 5.69 Å². The van der Waals surface area contributed by atoms with Gasteiger partial charge in [0, 0.05) is 43.9 Å². The summed E-state index contributed by atoms with van der Waals surface area (Å²) in [7, 11) is 0. The first-order valence-corrected chi connectivity index (χ1v) is 9.48. The van der Waals surface area contributed by atoms with Gasteiger partial charge in [-0.25, -0.2) is 0 Å². The second-order valence-electron chi connectivity index (χ2n) is 6.95. The Morgan fingerprint density at radius 3 is 2.26 bits per heavy atom. The van der Waals surface area contributed by atoms with Gasteiger partial charge in [0.2, 0.25) is 5.91 Å². The third-order valence-corrected chi connectivity index (χ3v) is 5.23. The molecule has 27 heavy (non-hydrogen) atoms. The Morgan fingerprint density at radius 2 is 1.63 bits per heavy atom. The van der Waals surface area contributed by atoms with Gasteiger partial charge in [0.25, 0.3) is 0 Å². The van der Waals surface area contributed by atoms with E-state index in [2.05, 4.69) is 63.8 Å². The summed E-state index contributed by atoms with van der Waals surface area (Å²) in [4.78, 5) is 21.0. The molecule has 1 N–H and O–H groups in total. The Kier molecular flexibility index (Phi) is 5.24. The van der Waals surface area contributed by atoms with Gasteiger partial charge < -0.3 is 5.32 Å². The van der Waals surface area contributed by atoms with Gasteiger partial charge >= 0.3 is 0 Å². The minimum Gasteiger partial charge on any atom is -0.356 e. The Hall–Kier alpha value is -3.01. The number of rotatable bonds is 5. The SMILES string of the molecule is O=C(CC1c2ccccc2CCc2ccccc21)NCCc1cnccn1. The summed E-state index contributed by atoms with van der Waals surface area (Å²) in [5, 5.41) is 3.05. The van der Waals surface area contributed by atoms with Crippen LogP contribution in [-0.4, -0.2) is 22.4 Å². The number of hydrogen-bond acceptors (Lipinski definition) is 3. The molecule has 0 bridgehead atoms. The zero-order valence-corrected chi connectivity index (χ0v) is 15.3. The van der Waals surface area contributed by atoms with Crippen LogP contribution in [0.4, 0.5) is 0 Å². The van der Waals surface area contributed by atoms with E-state index in [0.717, 1.165) is 18.5 Å². The zero-order chi connectivity index (χ0) is 18.5. The summed E-state index contributed by atoms with van der Waals surface area (Å²) in [6.45, 7) is 0.577. The molecule has 1 aliphatic carbocycles. The number of nitrogens with zero attached hydrogens (tertiary/aromatic N) is 2. The monoisotopic (exact) mass is 357 g/mol. The lowest BCUT2D eigenvalue weighted by Crippen LogP contribution is -2.27. The van der Waals surface area contributed by atoms with Gasteiger partial charge in [-0.05, 0) is 35.1 Å². The minimum atomic E-state index is 0.0791. The van der Waals surface area contributed by atoms with Crippen molar-refractivity contribution in [2.75, 3.05) is 6.54 Å². The first-order chi connectivity index (χ1) is 13.3. The van der Waals surface area contributed by atoms with Crippen LogP contribution in [0.15, 0.2) is 67.1 Å². The average molecular weight is 357 g/mol. The maximum atomic E-state index is 12.7. The van der Waals surface area contributed by atoms with Gasteiger partial charge in [0.15, 0.2) is 0 Å². The van der Waals surface area contributed by atoms with Crippen LogP contribution in [0.1, 0.15) is 40.3 Å². The summed E-state index contributed by atoms with van der Waals surface area (Å²) in [5.74, 6) is 0.187. The number of carbonyl (C=O) groups excluding carboxylic acids is 1. The molecule has 0 spiro atoms. The first kappa shape index (κ1) is 17.4. The smallest absolute Gasteiger partial charge is 0.220 e. The van der Waals surface area contributed by atoms with E-state index in [0.29, 0.717) is 19.4 Å². The standard InChI is InChI=1S/C23H23N3O/c27-23(26-12-11-19-16-24-13-14-25-19)15-22-20-7-3-1-5-17(20)9-10-18-6-2-4-8-21(18)22/h1-8,13-14,16,22H,9-12,15H2,(H,26,27). The van der Waals surface area contributed by atoms with Crippen molar-refractivity contribution >= 4 is 5.91 Å². The molecule has 0 saturated heterocycles. The molecule has 0 atom stereocenters. The Bertz CT molecular complexity index is 876. The molecule has 0 aliphatic heterocycles. The van der Waals surface area contributed by atoms with Crippen molar-refractivity contribution in [2.45, 2.75) is 31.6 Å². The maximum absolute atomic E-state index is 12.7. The summed E-state index contributed by atoms with van der Waals surface area (Å²) >= 11 is 0. The molecule has 4 rings (SSSR count). The number of amides is 1. The largest absolute Gasteiger partial charge is 0.356 e. The summed E-state index contributed by atoms with van der Waals surface area (Å²) in [6, 6.07) is 17.1. The van der Waals surface area contributed by atoms with Crippen molar-refractivity contribution in [1.82, 2.24) is 15.3 Å². The fourth-order valence-corrected chi connectivity index (χ4v) is 3.91. The van der Waals surface area contributed by atoms with E-state index < -0.39 is 0 Å². The van der Waals surface area contributed by atoms with Crippen molar-refractivity contribution in [1.29, 1.82) is 0 Å². The lowest BCUT2D eigenvalue weighted by molar-refractivity contribution is -0.121. The highest BCUT2D eigenvalue weighted by atomic mass is 16.1. The van der Waals surface area contributed by atoms with Gasteiger partial charge in [-0.3, -0.25) is 14.8 Å². The van der Waals surface area contributed by atoms with Crippen LogP contribution in [0.3, 0.4) is 0 Å². The fourth-order valence-electron chi connectivity index (χ4n) is 3.91. The normalized spacial score (nSPS) is 13.3. The van der Waals surface area contributed by atoms with Crippen molar-refractivity contribution in [2.24, 2.45) is 0 Å². The Labute approximate surface area is 159 Å². The molecule has 0 saturated carbocycles. The van der Waals surface area contributed by atoms with Crippen LogP contribution in [0.2, 0.25) is 0 Å². The molecule has 1 amide bonds. The van der Waals surface area contributed by atoms with E-state index in [9.17, 15) is 4.79 Å². The molecule has 0 unspecified atom stereocenters. The van der Waals surface area contributed by atoms with Crippen LogP contribution >= 0.6 is 0 Å². The predicted octanol–water partition coefficient (Wildman–Crippen LogP) is 3.46. The second kappa shape index (κ2) is 8.12. The van der Waals surface area contributed by atoms with E-state index in [1.807, 2.05) is 0 Å². The number of benzene rings is 2. The number of aromatic nitrogens is 2. The van der Waals surface area contributed by atoms with Crippen molar-refractivity contribution in [3.05, 3.63) is 95.1 Å². The number of carbonyl (C=O) groups is 1. The molecule has 1 aliphatic rings. The third kappa shape index (κ3) is 4.05. The molecule has 136 valence electrons. The van der Waals surface area contributed by atoms with E-state index in [4.69, 9.17) is 0 Å². The van der Waals surface area contributed by atoms with Crippen molar-refractivity contribution in [3.63, 3.8) is 0 Å². The van der Waals surface area contributed by atoms with Crippen LogP contribution in [0.25, 0.3) is 0 Å². The topological polar surface area (TPSA) is 54.9 Å². The zero-order valence-electron chi connectivity index (χ0n) is 15.3. The Morgan fingerprint density at radius 1 is 0.963 bits per heavy atom. The molecule has 3 aromatic rings. The molecular weight excluding hydrogens is 334 g/mol. The molecule has 2 aromatic carbocycles. The Balaban J connectivity index is 1.49. The summed E-state index contributed by atoms with van der Waals surface area (Å²) in [5.41, 5.74) is 6.16. The average Bonchev–Trinajstić information content (AvgIpc) is 2.87. The lowest BCUT2D eigenvalue weighted by atomic mass is 9.85. The molecule has 4 heteroatoms. The summed E-state index contributed by atoms with van der Waals surface area (Å²) in [6.07, 6.45) is 8.28. The van der Waals surface area contributed by atoms with E-state index in [1.54, 1.807) is 18.6 Å². The van der Waals surface area contributed by atoms with Crippen LogP contribution < -0.4 is 5.32 Å². The van der Waals surface area contributed by atoms with Gasteiger partial charge in [0.1, 0.15) is 0 Å².